The molecule has 0 radical (unpaired) electrons. The van der Waals surface area contributed by atoms with Crippen LogP contribution in [0.25, 0.3) is 5.69 Å². The van der Waals surface area contributed by atoms with E-state index in [0.29, 0.717) is 23.0 Å². The summed E-state index contributed by atoms with van der Waals surface area (Å²) in [4.78, 5) is 12.4. The number of para-hydroxylation sites is 1. The first-order chi connectivity index (χ1) is 12.0. The van der Waals surface area contributed by atoms with Gasteiger partial charge in [0, 0.05) is 17.9 Å². The third-order valence-corrected chi connectivity index (χ3v) is 5.15. The summed E-state index contributed by atoms with van der Waals surface area (Å²) in [6.07, 6.45) is 0.303. The first kappa shape index (κ1) is 15.9. The van der Waals surface area contributed by atoms with E-state index in [4.69, 9.17) is 16.7 Å². The number of amides is 1. The summed E-state index contributed by atoms with van der Waals surface area (Å²) < 4.78 is 1.80. The molecule has 0 spiro atoms. The molecule has 128 valence electrons. The van der Waals surface area contributed by atoms with Crippen LogP contribution in [0.5, 0.6) is 0 Å². The van der Waals surface area contributed by atoms with E-state index in [9.17, 15) is 4.79 Å². The number of rotatable bonds is 2. The molecule has 0 bridgehead atoms. The minimum absolute atomic E-state index is 0.0658. The first-order valence-electron chi connectivity index (χ1n) is 8.13. The normalized spacial score (nSPS) is 16.6. The van der Waals surface area contributed by atoms with Gasteiger partial charge in [-0.1, -0.05) is 29.8 Å². The summed E-state index contributed by atoms with van der Waals surface area (Å²) in [6.45, 7) is 5.84. The molecule has 0 fully saturated rings. The third kappa shape index (κ3) is 2.44. The lowest BCUT2D eigenvalue weighted by molar-refractivity contribution is -0.116. The van der Waals surface area contributed by atoms with Gasteiger partial charge in [0.25, 0.3) is 0 Å². The summed E-state index contributed by atoms with van der Waals surface area (Å²) in [5, 5.41) is 15.5. The molecule has 1 atom stereocenters. The number of anilines is 1. The van der Waals surface area contributed by atoms with E-state index in [2.05, 4.69) is 15.5 Å². The van der Waals surface area contributed by atoms with Crippen molar-refractivity contribution in [1.29, 1.82) is 0 Å². The zero-order chi connectivity index (χ0) is 17.7. The molecule has 6 nitrogen and oxygen atoms in total. The van der Waals surface area contributed by atoms with Gasteiger partial charge in [0.2, 0.25) is 5.91 Å². The molecule has 25 heavy (non-hydrogen) atoms. The van der Waals surface area contributed by atoms with Crippen LogP contribution in [0.2, 0.25) is 5.02 Å². The fourth-order valence-corrected chi connectivity index (χ4v) is 3.64. The van der Waals surface area contributed by atoms with Crippen molar-refractivity contribution >= 4 is 23.3 Å². The van der Waals surface area contributed by atoms with E-state index in [-0.39, 0.29) is 11.8 Å². The van der Waals surface area contributed by atoms with Crippen LogP contribution in [0.15, 0.2) is 24.3 Å². The highest BCUT2D eigenvalue weighted by Crippen LogP contribution is 2.42. The molecule has 0 unspecified atom stereocenters. The van der Waals surface area contributed by atoms with Crippen LogP contribution in [0.1, 0.15) is 40.5 Å². The van der Waals surface area contributed by atoms with Gasteiger partial charge >= 0.3 is 0 Å². The van der Waals surface area contributed by atoms with Gasteiger partial charge in [-0.15, -0.1) is 0 Å². The van der Waals surface area contributed by atoms with Crippen LogP contribution < -0.4 is 5.32 Å². The van der Waals surface area contributed by atoms with Crippen molar-refractivity contribution < 1.29 is 4.79 Å². The smallest absolute Gasteiger partial charge is 0.226 e. The highest BCUT2D eigenvalue weighted by atomic mass is 35.5. The topological polar surface area (TPSA) is 75.6 Å². The molecule has 1 aliphatic heterocycles. The van der Waals surface area contributed by atoms with Crippen molar-refractivity contribution in [3.63, 3.8) is 0 Å². The van der Waals surface area contributed by atoms with Gasteiger partial charge in [-0.2, -0.15) is 10.2 Å². The SMILES string of the molecule is Cc1ccccc1-n1nc(C)c2c1NC(=O)C[C@@H]2c1n[nH]c(C)c1Cl. The van der Waals surface area contributed by atoms with Gasteiger partial charge in [-0.05, 0) is 32.4 Å². The molecule has 1 aromatic carbocycles. The number of aryl methyl sites for hydroxylation is 3. The average Bonchev–Trinajstić information content (AvgIpc) is 3.08. The molecule has 4 rings (SSSR count). The van der Waals surface area contributed by atoms with Crippen LogP contribution in [-0.4, -0.2) is 25.9 Å². The van der Waals surface area contributed by atoms with Crippen LogP contribution in [0.3, 0.4) is 0 Å². The number of nitrogens with one attached hydrogen (secondary N) is 2. The fraction of sp³-hybridized carbons (Fsp3) is 0.278. The number of hydrogen-bond acceptors (Lipinski definition) is 3. The van der Waals surface area contributed by atoms with E-state index in [0.717, 1.165) is 28.2 Å². The Labute approximate surface area is 150 Å². The molecule has 1 amide bonds. The molecular formula is C18H18ClN5O. The maximum Gasteiger partial charge on any atom is 0.226 e. The summed E-state index contributed by atoms with van der Waals surface area (Å²) >= 11 is 6.41. The second kappa shape index (κ2) is 5.74. The quantitative estimate of drug-likeness (QED) is 0.736. The number of aromatic nitrogens is 4. The molecule has 3 heterocycles. The number of halogens is 1. The van der Waals surface area contributed by atoms with Crippen molar-refractivity contribution in [2.24, 2.45) is 0 Å². The van der Waals surface area contributed by atoms with Gasteiger partial charge in [-0.25, -0.2) is 4.68 Å². The molecule has 0 saturated carbocycles. The average molecular weight is 356 g/mol. The van der Waals surface area contributed by atoms with E-state index >= 15 is 0 Å². The summed E-state index contributed by atoms with van der Waals surface area (Å²) in [7, 11) is 0. The maximum atomic E-state index is 12.4. The number of benzene rings is 1. The molecular weight excluding hydrogens is 338 g/mol. The van der Waals surface area contributed by atoms with Crippen LogP contribution in [0, 0.1) is 20.8 Å². The predicted molar refractivity (Wildman–Crippen MR) is 96.5 cm³/mol. The van der Waals surface area contributed by atoms with E-state index in [1.807, 2.05) is 45.0 Å². The summed E-state index contributed by atoms with van der Waals surface area (Å²) in [5.74, 6) is 0.424. The minimum atomic E-state index is -0.209. The Bertz CT molecular complexity index is 988. The van der Waals surface area contributed by atoms with E-state index in [1.54, 1.807) is 4.68 Å². The number of H-pyrrole nitrogens is 1. The maximum absolute atomic E-state index is 12.4. The van der Waals surface area contributed by atoms with Crippen LogP contribution in [0.4, 0.5) is 5.82 Å². The molecule has 2 N–H and O–H groups in total. The third-order valence-electron chi connectivity index (χ3n) is 4.67. The van der Waals surface area contributed by atoms with Gasteiger partial charge in [-0.3, -0.25) is 9.89 Å². The van der Waals surface area contributed by atoms with Crippen molar-refractivity contribution in [3.8, 4) is 5.69 Å². The molecule has 0 saturated heterocycles. The highest BCUT2D eigenvalue weighted by Gasteiger charge is 2.35. The summed E-state index contributed by atoms with van der Waals surface area (Å²) in [6, 6.07) is 7.95. The number of carbonyl (C=O) groups is 1. The predicted octanol–water partition coefficient (Wildman–Crippen LogP) is 3.65. The molecule has 1 aliphatic rings. The monoisotopic (exact) mass is 355 g/mol. The van der Waals surface area contributed by atoms with Crippen LogP contribution in [-0.2, 0) is 4.79 Å². The Balaban J connectivity index is 1.93. The van der Waals surface area contributed by atoms with Crippen molar-refractivity contribution in [2.75, 3.05) is 5.32 Å². The number of nitrogens with zero attached hydrogens (tertiary/aromatic N) is 3. The largest absolute Gasteiger partial charge is 0.310 e. The highest BCUT2D eigenvalue weighted by molar-refractivity contribution is 6.32. The molecule has 0 aliphatic carbocycles. The lowest BCUT2D eigenvalue weighted by Gasteiger charge is -2.23. The Morgan fingerprint density at radius 1 is 1.24 bits per heavy atom. The number of aromatic amines is 1. The Morgan fingerprint density at radius 2 is 2.00 bits per heavy atom. The first-order valence-corrected chi connectivity index (χ1v) is 8.51. The lowest BCUT2D eigenvalue weighted by Crippen LogP contribution is -2.25. The Kier molecular flexibility index (Phi) is 3.65. The Morgan fingerprint density at radius 3 is 2.68 bits per heavy atom. The van der Waals surface area contributed by atoms with Crippen LogP contribution >= 0.6 is 11.6 Å². The summed E-state index contributed by atoms with van der Waals surface area (Å²) in [5.41, 5.74) is 5.35. The van der Waals surface area contributed by atoms with Crippen molar-refractivity contribution in [2.45, 2.75) is 33.1 Å². The van der Waals surface area contributed by atoms with Crippen molar-refractivity contribution in [3.05, 3.63) is 57.5 Å². The standard InChI is InChI=1S/C18H18ClN5O/c1-9-6-4-5-7-13(9)24-18-15(10(2)23-24)12(8-14(25)20-18)17-16(19)11(3)21-22-17/h4-7,12H,8H2,1-3H3,(H,20,25)(H,21,22)/t12-/m0/s1. The van der Waals surface area contributed by atoms with E-state index < -0.39 is 0 Å². The number of fused-ring (bicyclic) bond motifs is 1. The van der Waals surface area contributed by atoms with Gasteiger partial charge in [0.1, 0.15) is 5.82 Å². The second-order valence-electron chi connectivity index (χ2n) is 6.40. The molecule has 3 aromatic rings. The molecule has 7 heteroatoms. The fourth-order valence-electron chi connectivity index (χ4n) is 3.42. The Hall–Kier alpha value is -2.60. The van der Waals surface area contributed by atoms with Gasteiger partial charge in [0.15, 0.2) is 0 Å². The number of hydrogen-bond donors (Lipinski definition) is 2. The zero-order valence-corrected chi connectivity index (χ0v) is 15.0. The minimum Gasteiger partial charge on any atom is -0.310 e. The van der Waals surface area contributed by atoms with Gasteiger partial charge < -0.3 is 5.32 Å². The molecule has 2 aromatic heterocycles. The van der Waals surface area contributed by atoms with Crippen molar-refractivity contribution in [1.82, 2.24) is 20.0 Å². The lowest BCUT2D eigenvalue weighted by atomic mass is 9.89. The van der Waals surface area contributed by atoms with Gasteiger partial charge in [0.05, 0.1) is 27.8 Å². The number of carbonyl (C=O) groups excluding carboxylic acids is 1. The zero-order valence-electron chi connectivity index (χ0n) is 14.2. The second-order valence-corrected chi connectivity index (χ2v) is 6.78. The van der Waals surface area contributed by atoms with E-state index in [1.165, 1.54) is 0 Å².